The third kappa shape index (κ3) is 4.83. The van der Waals surface area contributed by atoms with Gasteiger partial charge in [0.15, 0.2) is 5.16 Å². The molecule has 0 aliphatic rings. The fraction of sp³-hybridized carbons (Fsp3) is 0.217. The van der Waals surface area contributed by atoms with E-state index in [9.17, 15) is 4.79 Å². The quantitative estimate of drug-likeness (QED) is 0.413. The molecule has 0 saturated heterocycles. The summed E-state index contributed by atoms with van der Waals surface area (Å²) < 4.78 is 9.08. The number of aryl methyl sites for hydroxylation is 1. The van der Waals surface area contributed by atoms with E-state index in [0.29, 0.717) is 5.16 Å². The Balaban J connectivity index is 1.37. The van der Waals surface area contributed by atoms with Gasteiger partial charge in [-0.25, -0.2) is 4.98 Å². The van der Waals surface area contributed by atoms with Gasteiger partial charge in [-0.15, -0.1) is 10.2 Å². The zero-order valence-corrected chi connectivity index (χ0v) is 18.9. The second-order valence-electron chi connectivity index (χ2n) is 7.20. The lowest BCUT2D eigenvalue weighted by Gasteiger charge is -2.15. The normalized spacial score (nSPS) is 11.8. The Morgan fingerprint density at radius 2 is 1.81 bits per heavy atom. The summed E-state index contributed by atoms with van der Waals surface area (Å²) in [6.07, 6.45) is 5.39. The fourth-order valence-electron chi connectivity index (χ4n) is 3.31. The molecule has 164 valence electrons. The number of carbonyl (C=O) groups excluding carboxylic acids is 1. The van der Waals surface area contributed by atoms with Crippen molar-refractivity contribution in [3.8, 4) is 17.1 Å². The van der Waals surface area contributed by atoms with Crippen molar-refractivity contribution in [2.45, 2.75) is 25.0 Å². The van der Waals surface area contributed by atoms with Crippen LogP contribution < -0.4 is 10.1 Å². The molecule has 0 aliphatic heterocycles. The maximum Gasteiger partial charge on any atom is 0.230 e. The van der Waals surface area contributed by atoms with Gasteiger partial charge in [0, 0.05) is 23.8 Å². The van der Waals surface area contributed by atoms with Crippen molar-refractivity contribution in [2.75, 3.05) is 12.9 Å². The van der Waals surface area contributed by atoms with Crippen LogP contribution in [0.4, 0.5) is 0 Å². The molecule has 0 saturated carbocycles. The summed E-state index contributed by atoms with van der Waals surface area (Å²) in [4.78, 5) is 16.6. The van der Waals surface area contributed by atoms with Gasteiger partial charge in [-0.3, -0.25) is 9.36 Å². The summed E-state index contributed by atoms with van der Waals surface area (Å²) in [5.74, 6) is 1.71. The van der Waals surface area contributed by atoms with Crippen LogP contribution >= 0.6 is 11.8 Å². The molecule has 9 heteroatoms. The molecule has 1 amide bonds. The minimum atomic E-state index is -0.110. The van der Waals surface area contributed by atoms with E-state index in [1.807, 2.05) is 77.7 Å². The molecule has 4 aromatic rings. The van der Waals surface area contributed by atoms with Crippen LogP contribution in [-0.2, 0) is 4.79 Å². The van der Waals surface area contributed by atoms with Crippen LogP contribution in [0.1, 0.15) is 24.4 Å². The maximum atomic E-state index is 12.6. The zero-order valence-electron chi connectivity index (χ0n) is 18.1. The number of hydrogen-bond donors (Lipinski definition) is 1. The van der Waals surface area contributed by atoms with Crippen molar-refractivity contribution in [1.29, 1.82) is 0 Å². The molecule has 2 heterocycles. The molecule has 1 atom stereocenters. The number of thioether (sulfide) groups is 1. The highest BCUT2D eigenvalue weighted by molar-refractivity contribution is 7.99. The van der Waals surface area contributed by atoms with Crippen molar-refractivity contribution in [3.05, 3.63) is 78.6 Å². The summed E-state index contributed by atoms with van der Waals surface area (Å²) in [7, 11) is 1.63. The number of nitrogens with zero attached hydrogens (tertiary/aromatic N) is 5. The minimum Gasteiger partial charge on any atom is -0.497 e. The predicted molar refractivity (Wildman–Crippen MR) is 123 cm³/mol. The SMILES string of the molecule is COc1ccc(-n2c(C)nnc2SCC(=O)NC(C)c2ccc(-n3ccnc3)cc2)cc1. The van der Waals surface area contributed by atoms with Crippen molar-refractivity contribution < 1.29 is 9.53 Å². The third-order valence-electron chi connectivity index (χ3n) is 5.03. The van der Waals surface area contributed by atoms with E-state index in [0.717, 1.165) is 28.5 Å². The third-order valence-corrected chi connectivity index (χ3v) is 5.96. The molecular formula is C23H24N6O2S. The first-order chi connectivity index (χ1) is 15.5. The highest BCUT2D eigenvalue weighted by Crippen LogP contribution is 2.24. The number of amides is 1. The van der Waals surface area contributed by atoms with Gasteiger partial charge in [-0.1, -0.05) is 23.9 Å². The number of methoxy groups -OCH3 is 1. The van der Waals surface area contributed by atoms with Crippen LogP contribution in [0.3, 0.4) is 0 Å². The lowest BCUT2D eigenvalue weighted by Crippen LogP contribution is -2.28. The van der Waals surface area contributed by atoms with Gasteiger partial charge in [0.05, 0.1) is 25.2 Å². The molecule has 2 aromatic heterocycles. The molecule has 0 aliphatic carbocycles. The number of aromatic nitrogens is 5. The maximum absolute atomic E-state index is 12.6. The molecule has 4 rings (SSSR count). The smallest absolute Gasteiger partial charge is 0.230 e. The number of benzene rings is 2. The summed E-state index contributed by atoms with van der Waals surface area (Å²) in [5, 5.41) is 12.1. The van der Waals surface area contributed by atoms with Gasteiger partial charge in [-0.05, 0) is 55.8 Å². The minimum absolute atomic E-state index is 0.0666. The predicted octanol–water partition coefficient (Wildman–Crippen LogP) is 3.74. The monoisotopic (exact) mass is 448 g/mol. The van der Waals surface area contributed by atoms with Gasteiger partial charge < -0.3 is 14.6 Å². The molecule has 0 spiro atoms. The Labute approximate surface area is 190 Å². The Kier molecular flexibility index (Phi) is 6.55. The summed E-state index contributed by atoms with van der Waals surface area (Å²) >= 11 is 1.35. The van der Waals surface area contributed by atoms with Gasteiger partial charge >= 0.3 is 0 Å². The van der Waals surface area contributed by atoms with E-state index in [2.05, 4.69) is 20.5 Å². The summed E-state index contributed by atoms with van der Waals surface area (Å²) in [6, 6.07) is 15.6. The molecule has 1 N–H and O–H groups in total. The lowest BCUT2D eigenvalue weighted by atomic mass is 10.1. The standard InChI is InChI=1S/C23H24N6O2S/c1-16(18-4-6-19(7-5-18)28-13-12-24-15-28)25-22(30)14-32-23-27-26-17(2)29(23)20-8-10-21(31-3)11-9-20/h4-13,15-16H,14H2,1-3H3,(H,25,30). The molecule has 2 aromatic carbocycles. The van der Waals surface area contributed by atoms with Crippen molar-refractivity contribution in [1.82, 2.24) is 29.6 Å². The first-order valence-corrected chi connectivity index (χ1v) is 11.1. The number of imidazole rings is 1. The Hall–Kier alpha value is -3.59. The first kappa shape index (κ1) is 21.6. The van der Waals surface area contributed by atoms with Crippen molar-refractivity contribution in [3.63, 3.8) is 0 Å². The Morgan fingerprint density at radius 3 is 2.47 bits per heavy atom. The number of nitrogens with one attached hydrogen (secondary N) is 1. The average Bonchev–Trinajstić information content (AvgIpc) is 3.48. The summed E-state index contributed by atoms with van der Waals surface area (Å²) in [5.41, 5.74) is 2.97. The molecule has 0 fully saturated rings. The van der Waals surface area contributed by atoms with E-state index in [4.69, 9.17) is 4.74 Å². The number of rotatable bonds is 8. The molecule has 0 radical (unpaired) electrons. The summed E-state index contributed by atoms with van der Waals surface area (Å²) in [6.45, 7) is 3.86. The van der Waals surface area contributed by atoms with E-state index in [1.54, 1.807) is 19.6 Å². The Bertz CT molecular complexity index is 1170. The lowest BCUT2D eigenvalue weighted by molar-refractivity contribution is -0.119. The van der Waals surface area contributed by atoms with Crippen LogP contribution in [0.15, 0.2) is 72.4 Å². The van der Waals surface area contributed by atoms with Crippen LogP contribution in [0.5, 0.6) is 5.75 Å². The molecule has 32 heavy (non-hydrogen) atoms. The first-order valence-electron chi connectivity index (χ1n) is 10.1. The van der Waals surface area contributed by atoms with Gasteiger partial charge in [-0.2, -0.15) is 0 Å². The van der Waals surface area contributed by atoms with Gasteiger partial charge in [0.1, 0.15) is 11.6 Å². The van der Waals surface area contributed by atoms with Crippen molar-refractivity contribution >= 4 is 17.7 Å². The number of hydrogen-bond acceptors (Lipinski definition) is 6. The Morgan fingerprint density at radius 1 is 1.09 bits per heavy atom. The average molecular weight is 449 g/mol. The highest BCUT2D eigenvalue weighted by atomic mass is 32.2. The highest BCUT2D eigenvalue weighted by Gasteiger charge is 2.15. The van der Waals surface area contributed by atoms with Crippen LogP contribution in [-0.4, -0.2) is 43.1 Å². The largest absolute Gasteiger partial charge is 0.497 e. The molecule has 8 nitrogen and oxygen atoms in total. The van der Waals surface area contributed by atoms with Gasteiger partial charge in [0.2, 0.25) is 5.91 Å². The second-order valence-corrected chi connectivity index (χ2v) is 8.15. The van der Waals surface area contributed by atoms with E-state index < -0.39 is 0 Å². The van der Waals surface area contributed by atoms with Crippen LogP contribution in [0, 0.1) is 6.92 Å². The molecule has 0 bridgehead atoms. The van der Waals surface area contributed by atoms with Crippen molar-refractivity contribution in [2.24, 2.45) is 0 Å². The van der Waals surface area contributed by atoms with Gasteiger partial charge in [0.25, 0.3) is 0 Å². The topological polar surface area (TPSA) is 86.9 Å². The van der Waals surface area contributed by atoms with E-state index >= 15 is 0 Å². The molecular weight excluding hydrogens is 424 g/mol. The number of carbonyl (C=O) groups is 1. The van der Waals surface area contributed by atoms with Crippen LogP contribution in [0.25, 0.3) is 11.4 Å². The zero-order chi connectivity index (χ0) is 22.5. The van der Waals surface area contributed by atoms with E-state index in [1.165, 1.54) is 11.8 Å². The molecule has 1 unspecified atom stereocenters. The van der Waals surface area contributed by atoms with E-state index in [-0.39, 0.29) is 17.7 Å². The second kappa shape index (κ2) is 9.69. The van der Waals surface area contributed by atoms with Crippen LogP contribution in [0.2, 0.25) is 0 Å². The fourth-order valence-corrected chi connectivity index (χ4v) is 4.12. The number of ether oxygens (including phenoxy) is 1.